The number of Topliss-reactive ketones (excluding diaryl/α,β-unsaturated/α-hetero) is 1. The number of ether oxygens (including phenoxy) is 2. The molecule has 5 rings (SSSR count). The predicted octanol–water partition coefficient (Wildman–Crippen LogP) is 2.59. The fourth-order valence-corrected chi connectivity index (χ4v) is 5.47. The summed E-state index contributed by atoms with van der Waals surface area (Å²) in [4.78, 5) is 38.2. The molecule has 1 saturated carbocycles. The highest BCUT2D eigenvalue weighted by Gasteiger charge is 2.49. The fraction of sp³-hybridized carbons (Fsp3) is 0.696. The van der Waals surface area contributed by atoms with Crippen LogP contribution in [0.2, 0.25) is 0 Å². The summed E-state index contributed by atoms with van der Waals surface area (Å²) < 4.78 is 64.3. The SMILES string of the molecule is [2H]C([2H])([2H])C([2H])(C(=O)O[C@H]1[C@@H]2C=C[C@H]3C[C@@H](O)C[C@H]4CC(=O)/C(=C/[C@H]3[C@@H]2C[C@H]1C)C(=O)O4)C([2H])([2H])[2H]. The van der Waals surface area contributed by atoms with Gasteiger partial charge >= 0.3 is 11.9 Å². The van der Waals surface area contributed by atoms with Gasteiger partial charge in [-0.3, -0.25) is 9.59 Å². The van der Waals surface area contributed by atoms with E-state index in [-0.39, 0.29) is 47.9 Å². The molecule has 2 fully saturated rings. The highest BCUT2D eigenvalue weighted by atomic mass is 16.5. The molecule has 8 atom stereocenters. The number of aliphatic hydroxyl groups excluding tert-OH is 1. The minimum atomic E-state index is -3.45. The second kappa shape index (κ2) is 7.71. The van der Waals surface area contributed by atoms with E-state index >= 15 is 0 Å². The molecule has 0 aromatic rings. The number of hydrogen-bond acceptors (Lipinski definition) is 6. The maximum atomic E-state index is 12.9. The van der Waals surface area contributed by atoms with Crippen LogP contribution in [0.15, 0.2) is 23.8 Å². The molecule has 6 heteroatoms. The molecule has 0 unspecified atom stereocenters. The first-order valence-corrected chi connectivity index (χ1v) is 10.1. The molecule has 0 aromatic carbocycles. The average molecular weight is 410 g/mol. The standard InChI is InChI=1S/C23H30O6/c1-11(2)22(26)29-21-12(3)6-18-16(21)5-4-13-7-14(24)8-15-9-20(25)19(10-17(13)18)23(27)28-15/h4-5,10-18,21,24H,6-9H2,1-3H3/b19-10-/t12-,13+,14-,15+,16-,17-,18-,21-/m1/s1/i1D3,2D3,11D. The Balaban J connectivity index is 1.67. The van der Waals surface area contributed by atoms with Gasteiger partial charge in [0.15, 0.2) is 5.78 Å². The van der Waals surface area contributed by atoms with Gasteiger partial charge in [-0.1, -0.05) is 38.9 Å². The van der Waals surface area contributed by atoms with E-state index in [1.807, 2.05) is 12.2 Å². The predicted molar refractivity (Wildman–Crippen MR) is 104 cm³/mol. The van der Waals surface area contributed by atoms with Crippen LogP contribution in [0.4, 0.5) is 0 Å². The van der Waals surface area contributed by atoms with Gasteiger partial charge in [-0.2, -0.15) is 0 Å². The van der Waals surface area contributed by atoms with Crippen molar-refractivity contribution < 1.29 is 38.6 Å². The Morgan fingerprint density at radius 3 is 2.79 bits per heavy atom. The number of rotatable bonds is 2. The molecule has 2 heterocycles. The summed E-state index contributed by atoms with van der Waals surface area (Å²) in [6, 6.07) is 0. The minimum Gasteiger partial charge on any atom is -0.461 e. The highest BCUT2D eigenvalue weighted by Crippen LogP contribution is 2.50. The van der Waals surface area contributed by atoms with Gasteiger partial charge in [-0.05, 0) is 36.5 Å². The van der Waals surface area contributed by atoms with Crippen LogP contribution >= 0.6 is 0 Å². The van der Waals surface area contributed by atoms with Crippen molar-refractivity contribution in [2.75, 3.05) is 0 Å². The molecule has 2 aliphatic heterocycles. The first-order chi connectivity index (χ1) is 16.5. The Bertz CT molecular complexity index is 966. The number of ketones is 1. The zero-order valence-electron chi connectivity index (χ0n) is 23.2. The third kappa shape index (κ3) is 3.79. The van der Waals surface area contributed by atoms with Gasteiger partial charge < -0.3 is 14.6 Å². The number of aliphatic hydroxyl groups is 1. The third-order valence-electron chi connectivity index (χ3n) is 6.74. The van der Waals surface area contributed by atoms with Crippen LogP contribution in [-0.2, 0) is 23.9 Å². The molecule has 0 amide bonds. The maximum Gasteiger partial charge on any atom is 0.341 e. The van der Waals surface area contributed by atoms with Crippen LogP contribution in [-0.4, -0.2) is 41.1 Å². The molecule has 3 aliphatic carbocycles. The van der Waals surface area contributed by atoms with E-state index in [1.165, 1.54) is 0 Å². The molecule has 1 N–H and O–H groups in total. The summed E-state index contributed by atoms with van der Waals surface area (Å²) in [5, 5.41) is 10.6. The number of carbonyl (C=O) groups is 3. The first kappa shape index (κ1) is 13.4. The van der Waals surface area contributed by atoms with Crippen molar-refractivity contribution in [2.24, 2.45) is 35.5 Å². The van der Waals surface area contributed by atoms with Gasteiger partial charge in [-0.25, -0.2) is 4.79 Å². The largest absolute Gasteiger partial charge is 0.461 e. The second-order valence-corrected chi connectivity index (χ2v) is 8.69. The smallest absolute Gasteiger partial charge is 0.341 e. The lowest BCUT2D eigenvalue weighted by Crippen LogP contribution is -2.40. The van der Waals surface area contributed by atoms with Crippen LogP contribution in [0, 0.1) is 35.5 Å². The van der Waals surface area contributed by atoms with Crippen molar-refractivity contribution in [3.63, 3.8) is 0 Å². The third-order valence-corrected chi connectivity index (χ3v) is 6.74. The van der Waals surface area contributed by atoms with Crippen molar-refractivity contribution in [1.29, 1.82) is 0 Å². The van der Waals surface area contributed by atoms with Gasteiger partial charge in [-0.15, -0.1) is 0 Å². The Kier molecular flexibility index (Phi) is 3.55. The number of hydrogen-bond donors (Lipinski definition) is 1. The van der Waals surface area contributed by atoms with Crippen molar-refractivity contribution in [1.82, 2.24) is 0 Å². The molecule has 2 bridgehead atoms. The van der Waals surface area contributed by atoms with Crippen LogP contribution in [0.3, 0.4) is 0 Å². The van der Waals surface area contributed by atoms with Gasteiger partial charge in [0.05, 0.1) is 17.6 Å². The van der Waals surface area contributed by atoms with Crippen molar-refractivity contribution in [2.45, 2.75) is 64.6 Å². The Morgan fingerprint density at radius 1 is 1.28 bits per heavy atom. The van der Waals surface area contributed by atoms with Crippen LogP contribution in [0.25, 0.3) is 0 Å². The molecule has 158 valence electrons. The summed E-state index contributed by atoms with van der Waals surface area (Å²) in [6.45, 7) is -5.11. The molecule has 0 spiro atoms. The fourth-order valence-electron chi connectivity index (χ4n) is 5.47. The summed E-state index contributed by atoms with van der Waals surface area (Å²) in [5.41, 5.74) is -0.0326. The van der Waals surface area contributed by atoms with E-state index in [0.717, 1.165) is 0 Å². The number of esters is 2. The maximum absolute atomic E-state index is 12.9. The van der Waals surface area contributed by atoms with Gasteiger partial charge in [0.2, 0.25) is 0 Å². The topological polar surface area (TPSA) is 89.9 Å². The summed E-state index contributed by atoms with van der Waals surface area (Å²) in [6.07, 6.45) is 3.92. The monoisotopic (exact) mass is 409 g/mol. The van der Waals surface area contributed by atoms with Crippen LogP contribution < -0.4 is 0 Å². The average Bonchev–Trinajstić information content (AvgIpc) is 3.04. The number of allylic oxidation sites excluding steroid dienone is 2. The molecular weight excluding hydrogens is 372 g/mol. The molecule has 29 heavy (non-hydrogen) atoms. The molecular formula is C23H30O6. The molecule has 0 radical (unpaired) electrons. The van der Waals surface area contributed by atoms with E-state index in [4.69, 9.17) is 19.1 Å². The first-order valence-electron chi connectivity index (χ1n) is 13.6. The zero-order valence-corrected chi connectivity index (χ0v) is 16.2. The van der Waals surface area contributed by atoms with Gasteiger partial charge in [0, 0.05) is 28.4 Å². The number of fused-ring (bicyclic) bond motifs is 5. The summed E-state index contributed by atoms with van der Waals surface area (Å²) in [5.74, 6) is -7.72. The lowest BCUT2D eigenvalue weighted by Gasteiger charge is -2.39. The summed E-state index contributed by atoms with van der Waals surface area (Å²) in [7, 11) is 0. The van der Waals surface area contributed by atoms with E-state index in [0.29, 0.717) is 12.8 Å². The Labute approximate surface area is 181 Å². The van der Waals surface area contributed by atoms with E-state index < -0.39 is 55.8 Å². The highest BCUT2D eigenvalue weighted by molar-refractivity contribution is 6.18. The molecule has 6 nitrogen and oxygen atoms in total. The van der Waals surface area contributed by atoms with Crippen molar-refractivity contribution >= 4 is 17.7 Å². The lowest BCUT2D eigenvalue weighted by atomic mass is 9.68. The lowest BCUT2D eigenvalue weighted by molar-refractivity contribution is -0.156. The summed E-state index contributed by atoms with van der Waals surface area (Å²) >= 11 is 0. The van der Waals surface area contributed by atoms with Crippen molar-refractivity contribution in [3.8, 4) is 0 Å². The number of carbonyl (C=O) groups excluding carboxylic acids is 3. The van der Waals surface area contributed by atoms with Gasteiger partial charge in [0.1, 0.15) is 12.2 Å². The minimum absolute atomic E-state index is 0.00240. The van der Waals surface area contributed by atoms with Crippen LogP contribution in [0.5, 0.6) is 0 Å². The van der Waals surface area contributed by atoms with Crippen LogP contribution in [0.1, 0.15) is 55.9 Å². The Hall–Kier alpha value is -1.95. The second-order valence-electron chi connectivity index (χ2n) is 8.69. The van der Waals surface area contributed by atoms with Gasteiger partial charge in [0.25, 0.3) is 0 Å². The van der Waals surface area contributed by atoms with Crippen molar-refractivity contribution in [3.05, 3.63) is 23.8 Å². The molecule has 5 aliphatic rings. The Morgan fingerprint density at radius 2 is 2.07 bits per heavy atom. The quantitative estimate of drug-likeness (QED) is 0.428. The van der Waals surface area contributed by atoms with E-state index in [9.17, 15) is 19.5 Å². The van der Waals surface area contributed by atoms with E-state index in [1.54, 1.807) is 13.0 Å². The molecule has 0 aromatic heterocycles. The molecule has 1 saturated heterocycles. The zero-order chi connectivity index (χ0) is 26.8. The van der Waals surface area contributed by atoms with E-state index in [2.05, 4.69) is 0 Å². The normalized spacial score (nSPS) is 48.1.